The Morgan fingerprint density at radius 2 is 0.864 bits per heavy atom. The first-order chi connectivity index (χ1) is 21.6. The fourth-order valence-electron chi connectivity index (χ4n) is 6.15. The number of carbonyl (C=O) groups excluding carboxylic acids is 2. The van der Waals surface area contributed by atoms with E-state index in [-0.39, 0.29) is 11.8 Å². The number of anilines is 2. The average Bonchev–Trinajstić information content (AvgIpc) is 3.61. The van der Waals surface area contributed by atoms with Crippen molar-refractivity contribution in [1.82, 2.24) is 0 Å². The van der Waals surface area contributed by atoms with Gasteiger partial charge in [-0.2, -0.15) is 20.2 Å². The van der Waals surface area contributed by atoms with E-state index in [2.05, 4.69) is 0 Å². The van der Waals surface area contributed by atoms with E-state index >= 15 is 0 Å². The highest BCUT2D eigenvalue weighted by molar-refractivity contribution is 6.26. The molecule has 3 atom stereocenters. The van der Waals surface area contributed by atoms with E-state index in [1.54, 1.807) is 0 Å². The number of nitrogens with zero attached hydrogens (tertiary/aromatic N) is 4. The van der Waals surface area contributed by atoms with E-state index in [9.17, 15) is 9.59 Å². The van der Waals surface area contributed by atoms with E-state index in [0.29, 0.717) is 22.8 Å². The van der Waals surface area contributed by atoms with Gasteiger partial charge >= 0.3 is 0 Å². The van der Waals surface area contributed by atoms with Crippen LogP contribution in [0.25, 0.3) is 0 Å². The SMILES string of the molecule is Cc1ccc(C([C@@H]2C(=O)N(c3ccccc3)N=C2c2ccccc2)[C@H]2C(=O)N(c3ccccc3)N=C2c2ccccc2)cc1. The summed E-state index contributed by atoms with van der Waals surface area (Å²) in [5.41, 5.74) is 6.26. The van der Waals surface area contributed by atoms with Crippen molar-refractivity contribution in [3.8, 4) is 0 Å². The van der Waals surface area contributed by atoms with E-state index in [4.69, 9.17) is 10.2 Å². The van der Waals surface area contributed by atoms with E-state index in [0.717, 1.165) is 22.3 Å². The van der Waals surface area contributed by atoms with Gasteiger partial charge in [0, 0.05) is 5.92 Å². The summed E-state index contributed by atoms with van der Waals surface area (Å²) in [4.78, 5) is 29.4. The van der Waals surface area contributed by atoms with Crippen LogP contribution in [0, 0.1) is 18.8 Å². The van der Waals surface area contributed by atoms with Crippen molar-refractivity contribution in [2.24, 2.45) is 22.0 Å². The highest BCUT2D eigenvalue weighted by Crippen LogP contribution is 2.44. The molecule has 0 aliphatic carbocycles. The third kappa shape index (κ3) is 4.90. The molecule has 0 saturated carbocycles. The number of hydrazone groups is 2. The number of aryl methyl sites for hydroxylation is 1. The Balaban J connectivity index is 1.44. The number of hydrogen-bond acceptors (Lipinski definition) is 4. The Bertz CT molecular complexity index is 1740. The van der Waals surface area contributed by atoms with Crippen LogP contribution in [0.1, 0.15) is 28.2 Å². The molecule has 2 amide bonds. The van der Waals surface area contributed by atoms with E-state index in [1.165, 1.54) is 10.0 Å². The minimum atomic E-state index is -0.751. The first-order valence-corrected chi connectivity index (χ1v) is 14.7. The maximum atomic E-state index is 14.7. The molecule has 0 aromatic heterocycles. The molecule has 214 valence electrons. The molecule has 0 bridgehead atoms. The zero-order valence-corrected chi connectivity index (χ0v) is 24.2. The van der Waals surface area contributed by atoms with Crippen molar-refractivity contribution in [3.63, 3.8) is 0 Å². The summed E-state index contributed by atoms with van der Waals surface area (Å²) in [6.07, 6.45) is 0. The molecule has 2 heterocycles. The maximum absolute atomic E-state index is 14.7. The number of rotatable bonds is 7. The van der Waals surface area contributed by atoms with Gasteiger partial charge < -0.3 is 0 Å². The Morgan fingerprint density at radius 3 is 1.25 bits per heavy atom. The van der Waals surface area contributed by atoms with Gasteiger partial charge in [0.15, 0.2) is 0 Å². The quantitative estimate of drug-likeness (QED) is 0.206. The molecule has 0 spiro atoms. The summed E-state index contributed by atoms with van der Waals surface area (Å²) in [7, 11) is 0. The van der Waals surface area contributed by atoms with Crippen molar-refractivity contribution in [3.05, 3.63) is 168 Å². The van der Waals surface area contributed by atoms with Crippen LogP contribution < -0.4 is 10.0 Å². The second-order valence-corrected chi connectivity index (χ2v) is 11.1. The minimum Gasteiger partial charge on any atom is -0.272 e. The second kappa shape index (κ2) is 11.6. The number of hydrogen-bond donors (Lipinski definition) is 0. The van der Waals surface area contributed by atoms with Crippen LogP contribution in [-0.4, -0.2) is 23.2 Å². The Morgan fingerprint density at radius 1 is 0.500 bits per heavy atom. The van der Waals surface area contributed by atoms with Gasteiger partial charge in [0.05, 0.1) is 34.6 Å². The van der Waals surface area contributed by atoms with Crippen molar-refractivity contribution < 1.29 is 9.59 Å². The Kier molecular flexibility index (Phi) is 7.16. The average molecular weight is 575 g/mol. The monoisotopic (exact) mass is 574 g/mol. The van der Waals surface area contributed by atoms with Crippen LogP contribution in [0.4, 0.5) is 11.4 Å². The van der Waals surface area contributed by atoms with Crippen molar-refractivity contribution in [1.29, 1.82) is 0 Å². The molecule has 2 aliphatic heterocycles. The van der Waals surface area contributed by atoms with Gasteiger partial charge in [-0.25, -0.2) is 0 Å². The molecular weight excluding hydrogens is 544 g/mol. The van der Waals surface area contributed by atoms with Crippen molar-refractivity contribution in [2.75, 3.05) is 10.0 Å². The third-order valence-corrected chi connectivity index (χ3v) is 8.28. The van der Waals surface area contributed by atoms with Gasteiger partial charge in [-0.15, -0.1) is 0 Å². The largest absolute Gasteiger partial charge is 0.272 e. The van der Waals surface area contributed by atoms with Gasteiger partial charge in [0.2, 0.25) is 0 Å². The van der Waals surface area contributed by atoms with Gasteiger partial charge in [-0.3, -0.25) is 9.59 Å². The lowest BCUT2D eigenvalue weighted by Crippen LogP contribution is -2.41. The zero-order chi connectivity index (χ0) is 30.0. The molecule has 0 N–H and O–H groups in total. The van der Waals surface area contributed by atoms with Crippen molar-refractivity contribution in [2.45, 2.75) is 12.8 Å². The summed E-state index contributed by atoms with van der Waals surface area (Å²) in [6.45, 7) is 2.03. The van der Waals surface area contributed by atoms with Crippen LogP contribution in [0.5, 0.6) is 0 Å². The lowest BCUT2D eigenvalue weighted by molar-refractivity contribution is -0.122. The van der Waals surface area contributed by atoms with Crippen molar-refractivity contribution >= 4 is 34.6 Å². The second-order valence-electron chi connectivity index (χ2n) is 11.1. The van der Waals surface area contributed by atoms with Crippen LogP contribution in [0.3, 0.4) is 0 Å². The summed E-state index contributed by atoms with van der Waals surface area (Å²) in [5.74, 6) is -2.45. The van der Waals surface area contributed by atoms with E-state index in [1.807, 2.05) is 153 Å². The number of benzene rings is 5. The van der Waals surface area contributed by atoms with Gasteiger partial charge in [-0.1, -0.05) is 127 Å². The standard InChI is InChI=1S/C38H30N4O2/c1-26-22-24-27(25-23-26)32(33-35(28-14-6-2-7-15-28)39-41(37(33)43)30-18-10-4-11-19-30)34-36(29-16-8-3-9-17-29)40-42(38(34)44)31-20-12-5-13-21-31/h2-25,32-34H,1H3/t32?,33-,34+. The molecule has 6 nitrogen and oxygen atoms in total. The molecular formula is C38H30N4O2. The normalized spacial score (nSPS) is 18.8. The summed E-state index contributed by atoms with van der Waals surface area (Å²) >= 11 is 0. The number of para-hydroxylation sites is 2. The molecule has 6 heteroatoms. The molecule has 0 radical (unpaired) electrons. The van der Waals surface area contributed by atoms with Crippen LogP contribution in [0.2, 0.25) is 0 Å². The number of amides is 2. The summed E-state index contributed by atoms with van der Waals surface area (Å²) < 4.78 is 0. The first-order valence-electron chi connectivity index (χ1n) is 14.7. The highest BCUT2D eigenvalue weighted by atomic mass is 16.2. The predicted molar refractivity (Wildman–Crippen MR) is 175 cm³/mol. The van der Waals surface area contributed by atoms with Crippen LogP contribution >= 0.6 is 0 Å². The molecule has 5 aromatic carbocycles. The molecule has 0 saturated heterocycles. The van der Waals surface area contributed by atoms with Gasteiger partial charge in [0.25, 0.3) is 11.8 Å². The predicted octanol–water partition coefficient (Wildman–Crippen LogP) is 7.21. The van der Waals surface area contributed by atoms with Crippen LogP contribution in [-0.2, 0) is 9.59 Å². The lowest BCUT2D eigenvalue weighted by atomic mass is 9.70. The molecule has 2 aliphatic rings. The molecule has 7 rings (SSSR count). The maximum Gasteiger partial charge on any atom is 0.257 e. The summed E-state index contributed by atoms with van der Waals surface area (Å²) in [6, 6.07) is 46.6. The van der Waals surface area contributed by atoms with Gasteiger partial charge in [0.1, 0.15) is 0 Å². The molecule has 5 aromatic rings. The molecule has 44 heavy (non-hydrogen) atoms. The van der Waals surface area contributed by atoms with E-state index < -0.39 is 17.8 Å². The van der Waals surface area contributed by atoms with Crippen LogP contribution in [0.15, 0.2) is 156 Å². The third-order valence-electron chi connectivity index (χ3n) is 8.28. The topological polar surface area (TPSA) is 65.3 Å². The first kappa shape index (κ1) is 27.2. The van der Waals surface area contributed by atoms with Gasteiger partial charge in [-0.05, 0) is 47.9 Å². The fourth-order valence-corrected chi connectivity index (χ4v) is 6.15. The summed E-state index contributed by atoms with van der Waals surface area (Å²) in [5, 5.41) is 12.9. The Hall–Kier alpha value is -5.62. The molecule has 1 unspecified atom stereocenters. The fraction of sp³-hybridized carbons (Fsp3) is 0.105. The number of carbonyl (C=O) groups is 2. The smallest absolute Gasteiger partial charge is 0.257 e. The Labute approximate surface area is 256 Å². The minimum absolute atomic E-state index is 0.181. The molecule has 0 fully saturated rings. The highest BCUT2D eigenvalue weighted by Gasteiger charge is 2.52. The zero-order valence-electron chi connectivity index (χ0n) is 24.2. The lowest BCUT2D eigenvalue weighted by Gasteiger charge is -2.30.